The predicted molar refractivity (Wildman–Crippen MR) is 147 cm³/mol. The highest BCUT2D eigenvalue weighted by atomic mass is 19.1. The van der Waals surface area contributed by atoms with Crippen molar-refractivity contribution in [2.45, 2.75) is 19.4 Å². The molecule has 2 aromatic carbocycles. The minimum Gasteiger partial charge on any atom is -0.395 e. The fourth-order valence-electron chi connectivity index (χ4n) is 5.82. The molecule has 6 rings (SSSR count). The number of aromatic nitrogens is 4. The summed E-state index contributed by atoms with van der Waals surface area (Å²) in [6, 6.07) is 13.0. The van der Waals surface area contributed by atoms with E-state index in [0.29, 0.717) is 18.0 Å². The first-order valence-electron chi connectivity index (χ1n) is 13.0. The Morgan fingerprint density at radius 2 is 1.97 bits per heavy atom. The van der Waals surface area contributed by atoms with Crippen LogP contribution in [-0.4, -0.2) is 55.6 Å². The van der Waals surface area contributed by atoms with Crippen LogP contribution in [0.2, 0.25) is 0 Å². The van der Waals surface area contributed by atoms with Gasteiger partial charge in [0.05, 0.1) is 42.3 Å². The number of fused-ring (bicyclic) bond motifs is 2. The smallest absolute Gasteiger partial charge is 0.222 e. The maximum atomic E-state index is 14.8. The van der Waals surface area contributed by atoms with Crippen LogP contribution in [0.3, 0.4) is 0 Å². The Hall–Kier alpha value is -4.06. The molecule has 1 aliphatic heterocycles. The molecule has 0 bridgehead atoms. The van der Waals surface area contributed by atoms with Crippen LogP contribution in [0.5, 0.6) is 0 Å². The Balaban J connectivity index is 1.47. The first-order valence-corrected chi connectivity index (χ1v) is 13.0. The number of β-amino-alcohol motifs (C(OH)–C–C–N with tert-alkyl or cyclic N) is 1. The molecule has 4 heterocycles. The molecule has 1 aliphatic rings. The van der Waals surface area contributed by atoms with Gasteiger partial charge >= 0.3 is 0 Å². The summed E-state index contributed by atoms with van der Waals surface area (Å²) < 4.78 is 18.9. The van der Waals surface area contributed by atoms with Gasteiger partial charge in [-0.05, 0) is 55.1 Å². The molecule has 0 radical (unpaired) electrons. The van der Waals surface area contributed by atoms with Crippen molar-refractivity contribution in [1.82, 2.24) is 24.2 Å². The van der Waals surface area contributed by atoms with E-state index in [1.807, 2.05) is 42.3 Å². The van der Waals surface area contributed by atoms with Gasteiger partial charge in [-0.3, -0.25) is 9.67 Å². The van der Waals surface area contributed by atoms with E-state index in [9.17, 15) is 9.50 Å². The van der Waals surface area contributed by atoms with Crippen LogP contribution >= 0.6 is 0 Å². The number of halogens is 1. The first-order chi connectivity index (χ1) is 18.6. The van der Waals surface area contributed by atoms with Gasteiger partial charge in [0.25, 0.3) is 0 Å². The quantitative estimate of drug-likeness (QED) is 0.301. The van der Waals surface area contributed by atoms with Gasteiger partial charge in [0.1, 0.15) is 5.82 Å². The Morgan fingerprint density at radius 1 is 1.11 bits per heavy atom. The third kappa shape index (κ3) is 4.34. The molecular weight excluding hydrogens is 479 g/mol. The van der Waals surface area contributed by atoms with E-state index in [4.69, 9.17) is 11.6 Å². The molecule has 192 valence electrons. The normalized spacial score (nSPS) is 16.3. The van der Waals surface area contributed by atoms with Gasteiger partial charge in [-0.25, -0.2) is 9.24 Å². The Kier molecular flexibility index (Phi) is 6.40. The fraction of sp³-hybridized carbons (Fsp3) is 0.300. The van der Waals surface area contributed by atoms with Crippen molar-refractivity contribution in [2.75, 3.05) is 26.2 Å². The summed E-state index contributed by atoms with van der Waals surface area (Å²) in [6.07, 6.45) is 8.12. The zero-order valence-electron chi connectivity index (χ0n) is 21.3. The van der Waals surface area contributed by atoms with Gasteiger partial charge in [0.2, 0.25) is 5.69 Å². The molecule has 1 atom stereocenters. The van der Waals surface area contributed by atoms with Crippen LogP contribution in [-0.2, 0) is 13.6 Å². The van der Waals surface area contributed by atoms with Crippen molar-refractivity contribution < 1.29 is 9.50 Å². The van der Waals surface area contributed by atoms with Gasteiger partial charge < -0.3 is 14.6 Å². The molecule has 0 saturated carbocycles. The molecule has 38 heavy (non-hydrogen) atoms. The van der Waals surface area contributed by atoms with Gasteiger partial charge in [-0.15, -0.1) is 0 Å². The summed E-state index contributed by atoms with van der Waals surface area (Å²) in [5.41, 5.74) is 5.27. The van der Waals surface area contributed by atoms with Gasteiger partial charge in [0, 0.05) is 54.8 Å². The third-order valence-electron chi connectivity index (χ3n) is 7.68. The molecule has 0 spiro atoms. The number of benzene rings is 2. The van der Waals surface area contributed by atoms with E-state index in [1.165, 1.54) is 6.07 Å². The number of aliphatic hydroxyl groups excluding tert-OH is 1. The highest BCUT2D eigenvalue weighted by molar-refractivity contribution is 6.02. The SMILES string of the molecule is [C-]#[N+]c1ccc(-c2c(-c3ccc4c(cnn4C)c3)ncc3c2ccn3C[C@@H]2CCCN(CCO)C2)cc1F. The van der Waals surface area contributed by atoms with Crippen molar-refractivity contribution in [3.63, 3.8) is 0 Å². The molecule has 8 heteroatoms. The van der Waals surface area contributed by atoms with Gasteiger partial charge in [-0.1, -0.05) is 18.2 Å². The second kappa shape index (κ2) is 10.0. The number of aliphatic hydroxyl groups is 1. The van der Waals surface area contributed by atoms with Crippen LogP contribution in [0.25, 0.3) is 49.0 Å². The number of hydrogen-bond donors (Lipinski definition) is 1. The van der Waals surface area contributed by atoms with Crippen LogP contribution in [0, 0.1) is 18.3 Å². The summed E-state index contributed by atoms with van der Waals surface area (Å²) in [5.74, 6) is -0.0498. The monoisotopic (exact) mass is 508 g/mol. The highest BCUT2D eigenvalue weighted by Gasteiger charge is 2.22. The van der Waals surface area contributed by atoms with E-state index >= 15 is 0 Å². The lowest BCUT2D eigenvalue weighted by atomic mass is 9.95. The minimum atomic E-state index is -0.534. The largest absolute Gasteiger partial charge is 0.395 e. The average molecular weight is 509 g/mol. The number of piperidine rings is 1. The molecule has 1 N–H and O–H groups in total. The van der Waals surface area contributed by atoms with Crippen molar-refractivity contribution in [3.05, 3.63) is 78.3 Å². The third-order valence-corrected chi connectivity index (χ3v) is 7.68. The Bertz CT molecular complexity index is 1680. The molecule has 0 unspecified atom stereocenters. The van der Waals surface area contributed by atoms with E-state index in [2.05, 4.69) is 37.7 Å². The number of pyridine rings is 1. The second-order valence-corrected chi connectivity index (χ2v) is 10.1. The van der Waals surface area contributed by atoms with Crippen LogP contribution in [0.15, 0.2) is 61.1 Å². The van der Waals surface area contributed by atoms with Crippen LogP contribution in [0.1, 0.15) is 12.8 Å². The number of nitrogens with zero attached hydrogens (tertiary/aromatic N) is 6. The van der Waals surface area contributed by atoms with Crippen molar-refractivity contribution >= 4 is 27.5 Å². The maximum absolute atomic E-state index is 14.8. The zero-order chi connectivity index (χ0) is 26.2. The van der Waals surface area contributed by atoms with E-state index in [0.717, 1.165) is 71.1 Å². The van der Waals surface area contributed by atoms with E-state index in [1.54, 1.807) is 6.07 Å². The first kappa shape index (κ1) is 24.3. The number of hydrogen-bond acceptors (Lipinski definition) is 4. The van der Waals surface area contributed by atoms with Crippen LogP contribution < -0.4 is 0 Å². The number of rotatable bonds is 6. The molecular formula is C30H29FN6O. The van der Waals surface area contributed by atoms with Crippen molar-refractivity contribution in [2.24, 2.45) is 13.0 Å². The summed E-state index contributed by atoms with van der Waals surface area (Å²) in [4.78, 5) is 10.6. The van der Waals surface area contributed by atoms with Crippen LogP contribution in [0.4, 0.5) is 10.1 Å². The molecule has 3 aromatic heterocycles. The van der Waals surface area contributed by atoms with Crippen molar-refractivity contribution in [3.8, 4) is 22.4 Å². The standard InChI is InChI=1S/C30H29FN6O/c1-32-26-7-5-21(15-25(26)31)29-24-9-11-37(19-20-4-3-10-36(18-20)12-13-38)28(24)17-33-30(29)22-6-8-27-23(14-22)16-34-35(27)2/h5-9,11,14-17,20,38H,3-4,10,12-13,18-19H2,2H3/t20-/m1/s1. The molecule has 5 aromatic rings. The Morgan fingerprint density at radius 3 is 2.79 bits per heavy atom. The summed E-state index contributed by atoms with van der Waals surface area (Å²) in [6.45, 7) is 11.0. The maximum Gasteiger partial charge on any atom is 0.222 e. The lowest BCUT2D eigenvalue weighted by molar-refractivity contribution is 0.133. The van der Waals surface area contributed by atoms with Gasteiger partial charge in [0.15, 0.2) is 0 Å². The molecule has 1 saturated heterocycles. The lowest BCUT2D eigenvalue weighted by Gasteiger charge is -2.32. The number of likely N-dealkylation sites (tertiary alicyclic amines) is 1. The second-order valence-electron chi connectivity index (χ2n) is 10.1. The van der Waals surface area contributed by atoms with E-state index < -0.39 is 5.82 Å². The minimum absolute atomic E-state index is 0.00881. The number of aryl methyl sites for hydroxylation is 1. The van der Waals surface area contributed by atoms with Gasteiger partial charge in [-0.2, -0.15) is 5.10 Å². The molecule has 0 amide bonds. The molecule has 7 nitrogen and oxygen atoms in total. The topological polar surface area (TPSA) is 63.5 Å². The predicted octanol–water partition coefficient (Wildman–Crippen LogP) is 5.65. The summed E-state index contributed by atoms with van der Waals surface area (Å²) in [5, 5.41) is 15.7. The summed E-state index contributed by atoms with van der Waals surface area (Å²) in [7, 11) is 1.91. The Labute approximate surface area is 220 Å². The van der Waals surface area contributed by atoms with E-state index in [-0.39, 0.29) is 12.3 Å². The fourth-order valence-corrected chi connectivity index (χ4v) is 5.82. The summed E-state index contributed by atoms with van der Waals surface area (Å²) >= 11 is 0. The molecule has 0 aliphatic carbocycles. The molecule has 1 fully saturated rings. The zero-order valence-corrected chi connectivity index (χ0v) is 21.3. The lowest BCUT2D eigenvalue weighted by Crippen LogP contribution is -2.38. The highest BCUT2D eigenvalue weighted by Crippen LogP contribution is 2.39. The average Bonchev–Trinajstić information content (AvgIpc) is 3.51. The van der Waals surface area contributed by atoms with Crippen molar-refractivity contribution in [1.29, 1.82) is 0 Å².